The second kappa shape index (κ2) is 10.3. The van der Waals surface area contributed by atoms with Gasteiger partial charge in [0.05, 0.1) is 12.2 Å². The van der Waals surface area contributed by atoms with Crippen LogP contribution in [-0.4, -0.2) is 36.6 Å². The Morgan fingerprint density at radius 2 is 1.48 bits per heavy atom. The molecule has 1 fully saturated rings. The minimum atomic E-state index is -0.294. The molecule has 0 aromatic heterocycles. The molecule has 3 rings (SSSR count). The van der Waals surface area contributed by atoms with Gasteiger partial charge in [0.15, 0.2) is 0 Å². The number of benzene rings is 2. The molecule has 2 aromatic carbocycles. The fraction of sp³-hybridized carbons (Fsp3) is 0.423. The average molecular weight is 390 g/mol. The van der Waals surface area contributed by atoms with Gasteiger partial charge in [-0.25, -0.2) is 4.79 Å². The first-order valence-corrected chi connectivity index (χ1v) is 10.8. The quantitative estimate of drug-likeness (QED) is 0.457. The Hall–Kier alpha value is -2.57. The first-order valence-electron chi connectivity index (χ1n) is 10.8. The molecular formula is C26H31NO2. The van der Waals surface area contributed by atoms with E-state index in [0.29, 0.717) is 24.1 Å². The van der Waals surface area contributed by atoms with E-state index in [1.807, 2.05) is 12.1 Å². The Balaban J connectivity index is 1.60. The van der Waals surface area contributed by atoms with E-state index in [-0.39, 0.29) is 5.97 Å². The average Bonchev–Trinajstić information content (AvgIpc) is 3.54. The van der Waals surface area contributed by atoms with E-state index >= 15 is 0 Å². The number of nitrogens with zero attached hydrogens (tertiary/aromatic N) is 1. The van der Waals surface area contributed by atoms with Crippen molar-refractivity contribution in [3.8, 4) is 11.8 Å². The molecule has 1 saturated carbocycles. The van der Waals surface area contributed by atoms with Gasteiger partial charge in [0.2, 0.25) is 0 Å². The lowest BCUT2D eigenvalue weighted by Gasteiger charge is -2.21. The van der Waals surface area contributed by atoms with E-state index in [4.69, 9.17) is 4.74 Å². The number of rotatable bonds is 8. The van der Waals surface area contributed by atoms with Crippen molar-refractivity contribution < 1.29 is 9.53 Å². The number of carbonyl (C=O) groups excluding carboxylic acids is 1. The Bertz CT molecular complexity index is 852. The van der Waals surface area contributed by atoms with Gasteiger partial charge in [-0.1, -0.05) is 37.8 Å². The van der Waals surface area contributed by atoms with Crippen LogP contribution in [0.3, 0.4) is 0 Å². The first kappa shape index (κ1) is 21.1. The molecule has 0 heterocycles. The number of ether oxygens (including phenoxy) is 1. The van der Waals surface area contributed by atoms with Crippen LogP contribution in [0.1, 0.15) is 73.0 Å². The van der Waals surface area contributed by atoms with Gasteiger partial charge in [0, 0.05) is 23.1 Å². The SMILES string of the molecule is CCCN(CCC)C1CC1c1ccc(C#Cc2ccc(C(=O)OCC)cc2)cc1. The van der Waals surface area contributed by atoms with Gasteiger partial charge >= 0.3 is 5.97 Å². The van der Waals surface area contributed by atoms with Crippen molar-refractivity contribution in [2.45, 2.75) is 52.0 Å². The van der Waals surface area contributed by atoms with Gasteiger partial charge in [-0.3, -0.25) is 4.90 Å². The van der Waals surface area contributed by atoms with Gasteiger partial charge in [0.1, 0.15) is 0 Å². The molecule has 0 amide bonds. The molecule has 0 saturated heterocycles. The van der Waals surface area contributed by atoms with Crippen LogP contribution in [0.25, 0.3) is 0 Å². The van der Waals surface area contributed by atoms with E-state index in [0.717, 1.165) is 11.1 Å². The molecule has 3 heteroatoms. The highest BCUT2D eigenvalue weighted by Gasteiger charge is 2.41. The Morgan fingerprint density at radius 3 is 2.00 bits per heavy atom. The third-order valence-electron chi connectivity index (χ3n) is 5.33. The van der Waals surface area contributed by atoms with Crippen molar-refractivity contribution >= 4 is 5.97 Å². The van der Waals surface area contributed by atoms with Gasteiger partial charge in [0.25, 0.3) is 0 Å². The second-order valence-electron chi connectivity index (χ2n) is 7.62. The van der Waals surface area contributed by atoms with E-state index in [2.05, 4.69) is 54.9 Å². The summed E-state index contributed by atoms with van der Waals surface area (Å²) in [5.74, 6) is 6.77. The summed E-state index contributed by atoms with van der Waals surface area (Å²) >= 11 is 0. The van der Waals surface area contributed by atoms with Crippen LogP contribution in [0.15, 0.2) is 48.5 Å². The minimum absolute atomic E-state index is 0.294. The van der Waals surface area contributed by atoms with Crippen LogP contribution in [0.2, 0.25) is 0 Å². The van der Waals surface area contributed by atoms with Crippen LogP contribution in [0.5, 0.6) is 0 Å². The Labute approximate surface area is 175 Å². The van der Waals surface area contributed by atoms with Crippen molar-refractivity contribution in [2.75, 3.05) is 19.7 Å². The zero-order valence-electron chi connectivity index (χ0n) is 17.8. The summed E-state index contributed by atoms with van der Waals surface area (Å²) in [6.07, 6.45) is 3.72. The van der Waals surface area contributed by atoms with Crippen molar-refractivity contribution in [2.24, 2.45) is 0 Å². The lowest BCUT2D eigenvalue weighted by Crippen LogP contribution is -2.28. The maximum absolute atomic E-state index is 11.7. The molecule has 29 heavy (non-hydrogen) atoms. The van der Waals surface area contributed by atoms with E-state index in [1.54, 1.807) is 19.1 Å². The third kappa shape index (κ3) is 5.71. The van der Waals surface area contributed by atoms with Crippen molar-refractivity contribution in [3.05, 3.63) is 70.8 Å². The van der Waals surface area contributed by atoms with E-state index in [1.165, 1.54) is 37.9 Å². The summed E-state index contributed by atoms with van der Waals surface area (Å²) in [5, 5.41) is 0. The molecule has 0 spiro atoms. The molecule has 3 nitrogen and oxygen atoms in total. The van der Waals surface area contributed by atoms with Gasteiger partial charge in [-0.2, -0.15) is 0 Å². The zero-order valence-corrected chi connectivity index (χ0v) is 17.8. The first-order chi connectivity index (χ1) is 14.2. The van der Waals surface area contributed by atoms with E-state index in [9.17, 15) is 4.79 Å². The Kier molecular flexibility index (Phi) is 7.49. The predicted octanol–water partition coefficient (Wildman–Crippen LogP) is 5.24. The van der Waals surface area contributed by atoms with Gasteiger partial charge in [-0.15, -0.1) is 0 Å². The molecule has 1 aliphatic carbocycles. The van der Waals surface area contributed by atoms with Crippen molar-refractivity contribution in [1.82, 2.24) is 4.90 Å². The van der Waals surface area contributed by atoms with Crippen molar-refractivity contribution in [3.63, 3.8) is 0 Å². The third-order valence-corrected chi connectivity index (χ3v) is 5.33. The number of esters is 1. The highest BCUT2D eigenvalue weighted by atomic mass is 16.5. The molecule has 0 aliphatic heterocycles. The zero-order chi connectivity index (χ0) is 20.6. The van der Waals surface area contributed by atoms with Crippen LogP contribution in [-0.2, 0) is 4.74 Å². The predicted molar refractivity (Wildman–Crippen MR) is 118 cm³/mol. The minimum Gasteiger partial charge on any atom is -0.462 e. The Morgan fingerprint density at radius 1 is 0.931 bits per heavy atom. The molecule has 2 aromatic rings. The maximum atomic E-state index is 11.7. The van der Waals surface area contributed by atoms with E-state index < -0.39 is 0 Å². The second-order valence-corrected chi connectivity index (χ2v) is 7.62. The number of hydrogen-bond acceptors (Lipinski definition) is 3. The number of carbonyl (C=O) groups is 1. The highest BCUT2D eigenvalue weighted by Crippen LogP contribution is 2.44. The van der Waals surface area contributed by atoms with Crippen LogP contribution >= 0.6 is 0 Å². The summed E-state index contributed by atoms with van der Waals surface area (Å²) in [4.78, 5) is 14.4. The lowest BCUT2D eigenvalue weighted by molar-refractivity contribution is 0.0526. The molecule has 0 radical (unpaired) electrons. The molecule has 2 atom stereocenters. The summed E-state index contributed by atoms with van der Waals surface area (Å²) < 4.78 is 5.00. The lowest BCUT2D eigenvalue weighted by atomic mass is 10.1. The maximum Gasteiger partial charge on any atom is 0.338 e. The molecule has 2 unspecified atom stereocenters. The normalized spacial score (nSPS) is 17.5. The fourth-order valence-electron chi connectivity index (χ4n) is 3.82. The molecular weight excluding hydrogens is 358 g/mol. The summed E-state index contributed by atoms with van der Waals surface area (Å²) in [5.41, 5.74) is 3.89. The number of hydrogen-bond donors (Lipinski definition) is 0. The van der Waals surface area contributed by atoms with Crippen molar-refractivity contribution in [1.29, 1.82) is 0 Å². The molecule has 152 valence electrons. The van der Waals surface area contributed by atoms with Crippen LogP contribution < -0.4 is 0 Å². The molecule has 0 N–H and O–H groups in total. The molecule has 0 bridgehead atoms. The monoisotopic (exact) mass is 389 g/mol. The van der Waals surface area contributed by atoms with Gasteiger partial charge in [-0.05, 0) is 81.2 Å². The highest BCUT2D eigenvalue weighted by molar-refractivity contribution is 5.89. The van der Waals surface area contributed by atoms with Gasteiger partial charge < -0.3 is 4.74 Å². The summed E-state index contributed by atoms with van der Waals surface area (Å²) in [7, 11) is 0. The summed E-state index contributed by atoms with van der Waals surface area (Å²) in [6.45, 7) is 9.11. The standard InChI is InChI=1S/C26H31NO2/c1-4-17-27(18-5-2)25-19-24(25)22-13-9-20(10-14-22)7-8-21-11-15-23(16-12-21)26(28)29-6-3/h9-16,24-25H,4-6,17-19H2,1-3H3. The van der Waals surface area contributed by atoms with Crippen LogP contribution in [0, 0.1) is 11.8 Å². The largest absolute Gasteiger partial charge is 0.462 e. The fourth-order valence-corrected chi connectivity index (χ4v) is 3.82. The smallest absolute Gasteiger partial charge is 0.338 e. The van der Waals surface area contributed by atoms with Crippen LogP contribution in [0.4, 0.5) is 0 Å². The summed E-state index contributed by atoms with van der Waals surface area (Å²) in [6, 6.07) is 16.7. The molecule has 1 aliphatic rings. The topological polar surface area (TPSA) is 29.5 Å².